The molecule has 0 aliphatic rings. The molecule has 0 aliphatic carbocycles. The number of hydrazone groups is 1. The lowest BCUT2D eigenvalue weighted by Crippen LogP contribution is -1.94. The van der Waals surface area contributed by atoms with Crippen molar-refractivity contribution in [2.75, 3.05) is 11.2 Å². The maximum atomic E-state index is 13.3. The van der Waals surface area contributed by atoms with Gasteiger partial charge in [0.05, 0.1) is 6.21 Å². The van der Waals surface area contributed by atoms with E-state index in [1.54, 1.807) is 18.2 Å². The molecule has 0 radical (unpaired) electrons. The van der Waals surface area contributed by atoms with E-state index in [-0.39, 0.29) is 5.82 Å². The number of hydrogen-bond donors (Lipinski definition) is 2. The molecule has 0 saturated heterocycles. The molecule has 1 aromatic carbocycles. The molecule has 0 fully saturated rings. The zero-order chi connectivity index (χ0) is 12.8. The molecule has 2 N–H and O–H groups in total. The zero-order valence-corrected chi connectivity index (χ0v) is 10.5. The topological polar surface area (TPSA) is 66.0 Å². The molecule has 18 heavy (non-hydrogen) atoms. The van der Waals surface area contributed by atoms with Crippen LogP contribution in [0.3, 0.4) is 0 Å². The summed E-state index contributed by atoms with van der Waals surface area (Å²) < 4.78 is 13.3. The largest absolute Gasteiger partial charge is 0.246 e. The van der Waals surface area contributed by atoms with Crippen LogP contribution in [0.25, 0.3) is 0 Å². The summed E-state index contributed by atoms with van der Waals surface area (Å²) in [6.07, 6.45) is 1.39. The van der Waals surface area contributed by atoms with Gasteiger partial charge in [0.25, 0.3) is 0 Å². The number of rotatable bonds is 5. The predicted octanol–water partition coefficient (Wildman–Crippen LogP) is 2.50. The Morgan fingerprint density at radius 2 is 2.33 bits per heavy atom. The fraction of sp³-hybridized carbons (Fsp3) is 0.182. The standard InChI is InChI=1S/C11H12FN5S/c1-2-18-11-14-10(16-17-11)15-13-7-8-5-3-4-6-9(8)12/h3-7H,2H2,1H3,(H2,14,15,16,17). The third-order valence-electron chi connectivity index (χ3n) is 2.02. The molecule has 0 spiro atoms. The highest BCUT2D eigenvalue weighted by atomic mass is 32.2. The van der Waals surface area contributed by atoms with Gasteiger partial charge in [0.1, 0.15) is 5.82 Å². The van der Waals surface area contributed by atoms with Gasteiger partial charge < -0.3 is 0 Å². The maximum absolute atomic E-state index is 13.3. The molecular formula is C11H12FN5S. The van der Waals surface area contributed by atoms with Crippen LogP contribution >= 0.6 is 11.8 Å². The number of anilines is 1. The lowest BCUT2D eigenvalue weighted by Gasteiger charge is -1.95. The number of aromatic nitrogens is 3. The molecule has 0 amide bonds. The number of benzene rings is 1. The molecule has 2 aromatic rings. The Labute approximate surface area is 108 Å². The summed E-state index contributed by atoms with van der Waals surface area (Å²) in [7, 11) is 0. The van der Waals surface area contributed by atoms with Crippen LogP contribution in [0.2, 0.25) is 0 Å². The fourth-order valence-corrected chi connectivity index (χ4v) is 1.76. The van der Waals surface area contributed by atoms with Crippen LogP contribution in [-0.4, -0.2) is 27.1 Å². The van der Waals surface area contributed by atoms with Crippen molar-refractivity contribution < 1.29 is 4.39 Å². The Bertz CT molecular complexity index is 540. The van der Waals surface area contributed by atoms with Crippen molar-refractivity contribution in [2.24, 2.45) is 5.10 Å². The van der Waals surface area contributed by atoms with E-state index < -0.39 is 0 Å². The number of halogens is 1. The molecule has 5 nitrogen and oxygen atoms in total. The summed E-state index contributed by atoms with van der Waals surface area (Å²) in [6, 6.07) is 6.39. The molecule has 0 atom stereocenters. The quantitative estimate of drug-likeness (QED) is 0.495. The van der Waals surface area contributed by atoms with Gasteiger partial charge in [0, 0.05) is 5.56 Å². The van der Waals surface area contributed by atoms with Gasteiger partial charge in [-0.1, -0.05) is 36.9 Å². The van der Waals surface area contributed by atoms with E-state index in [4.69, 9.17) is 0 Å². The van der Waals surface area contributed by atoms with E-state index in [2.05, 4.69) is 25.7 Å². The summed E-state index contributed by atoms with van der Waals surface area (Å²) in [6.45, 7) is 2.02. The molecule has 0 aliphatic heterocycles. The van der Waals surface area contributed by atoms with Crippen LogP contribution in [0.1, 0.15) is 12.5 Å². The van der Waals surface area contributed by atoms with Crippen LogP contribution in [0.4, 0.5) is 10.3 Å². The molecular weight excluding hydrogens is 253 g/mol. The van der Waals surface area contributed by atoms with Gasteiger partial charge in [-0.05, 0) is 11.8 Å². The van der Waals surface area contributed by atoms with Crippen LogP contribution in [0.15, 0.2) is 34.5 Å². The number of nitrogens with zero attached hydrogens (tertiary/aromatic N) is 3. The Morgan fingerprint density at radius 1 is 1.50 bits per heavy atom. The van der Waals surface area contributed by atoms with Gasteiger partial charge in [-0.2, -0.15) is 10.1 Å². The summed E-state index contributed by atoms with van der Waals surface area (Å²) in [4.78, 5) is 4.13. The second-order valence-electron chi connectivity index (χ2n) is 3.29. The lowest BCUT2D eigenvalue weighted by atomic mass is 10.2. The van der Waals surface area contributed by atoms with Gasteiger partial charge in [-0.25, -0.2) is 14.9 Å². The van der Waals surface area contributed by atoms with Gasteiger partial charge in [0.15, 0.2) is 0 Å². The average molecular weight is 265 g/mol. The fourth-order valence-electron chi connectivity index (χ4n) is 1.23. The maximum Gasteiger partial charge on any atom is 0.240 e. The molecule has 1 heterocycles. The highest BCUT2D eigenvalue weighted by Crippen LogP contribution is 2.12. The van der Waals surface area contributed by atoms with E-state index in [9.17, 15) is 4.39 Å². The Kier molecular flexibility index (Phi) is 4.30. The SMILES string of the molecule is CCSc1n[nH]c(NN=Cc2ccccc2F)n1. The minimum Gasteiger partial charge on any atom is -0.246 e. The van der Waals surface area contributed by atoms with Gasteiger partial charge in [0.2, 0.25) is 11.1 Å². The van der Waals surface area contributed by atoms with Gasteiger partial charge >= 0.3 is 0 Å². The van der Waals surface area contributed by atoms with Crippen molar-refractivity contribution in [3.05, 3.63) is 35.6 Å². The second kappa shape index (κ2) is 6.15. The third-order valence-corrected chi connectivity index (χ3v) is 2.75. The van der Waals surface area contributed by atoms with Crippen LogP contribution in [-0.2, 0) is 0 Å². The summed E-state index contributed by atoms with van der Waals surface area (Å²) >= 11 is 1.52. The highest BCUT2D eigenvalue weighted by molar-refractivity contribution is 7.99. The third kappa shape index (κ3) is 3.30. The van der Waals surface area contributed by atoms with E-state index in [0.29, 0.717) is 16.7 Å². The van der Waals surface area contributed by atoms with Crippen molar-refractivity contribution in [2.45, 2.75) is 12.1 Å². The first-order valence-electron chi connectivity index (χ1n) is 5.38. The first-order chi connectivity index (χ1) is 8.79. The van der Waals surface area contributed by atoms with Crippen molar-refractivity contribution in [1.29, 1.82) is 0 Å². The number of thioether (sulfide) groups is 1. The predicted molar refractivity (Wildman–Crippen MR) is 70.4 cm³/mol. The number of nitrogens with one attached hydrogen (secondary N) is 2. The summed E-state index contributed by atoms with van der Waals surface area (Å²) in [5, 5.41) is 11.2. The number of H-pyrrole nitrogens is 1. The first kappa shape index (κ1) is 12.6. The Balaban J connectivity index is 1.96. The van der Waals surface area contributed by atoms with E-state index in [1.807, 2.05) is 6.92 Å². The molecule has 0 unspecified atom stereocenters. The average Bonchev–Trinajstić information content (AvgIpc) is 2.80. The normalized spacial score (nSPS) is 11.0. The van der Waals surface area contributed by atoms with E-state index in [0.717, 1.165) is 5.75 Å². The van der Waals surface area contributed by atoms with Gasteiger partial charge in [-0.15, -0.1) is 5.10 Å². The molecule has 1 aromatic heterocycles. The first-order valence-corrected chi connectivity index (χ1v) is 6.37. The molecule has 7 heteroatoms. The lowest BCUT2D eigenvalue weighted by molar-refractivity contribution is 0.626. The van der Waals surface area contributed by atoms with E-state index in [1.165, 1.54) is 24.0 Å². The van der Waals surface area contributed by atoms with Gasteiger partial charge in [-0.3, -0.25) is 0 Å². The molecule has 0 bridgehead atoms. The Morgan fingerprint density at radius 3 is 3.11 bits per heavy atom. The van der Waals surface area contributed by atoms with Crippen molar-refractivity contribution in [3.63, 3.8) is 0 Å². The number of aromatic amines is 1. The number of hydrogen-bond acceptors (Lipinski definition) is 5. The minimum absolute atomic E-state index is 0.317. The van der Waals surface area contributed by atoms with Crippen molar-refractivity contribution >= 4 is 23.9 Å². The van der Waals surface area contributed by atoms with Crippen LogP contribution in [0.5, 0.6) is 0 Å². The molecule has 94 valence electrons. The minimum atomic E-state index is -0.317. The molecule has 0 saturated carbocycles. The summed E-state index contributed by atoms with van der Waals surface area (Å²) in [5.41, 5.74) is 3.07. The summed E-state index contributed by atoms with van der Waals surface area (Å²) in [5.74, 6) is 1.01. The van der Waals surface area contributed by atoms with E-state index >= 15 is 0 Å². The second-order valence-corrected chi connectivity index (χ2v) is 4.52. The smallest absolute Gasteiger partial charge is 0.240 e. The highest BCUT2D eigenvalue weighted by Gasteiger charge is 2.01. The van der Waals surface area contributed by atoms with Crippen LogP contribution in [0, 0.1) is 5.82 Å². The monoisotopic (exact) mass is 265 g/mol. The van der Waals surface area contributed by atoms with Crippen molar-refractivity contribution in [1.82, 2.24) is 15.2 Å². The van der Waals surface area contributed by atoms with Crippen LogP contribution < -0.4 is 5.43 Å². The zero-order valence-electron chi connectivity index (χ0n) is 9.72. The van der Waals surface area contributed by atoms with Crippen molar-refractivity contribution in [3.8, 4) is 0 Å². The molecule has 2 rings (SSSR count). The Hall–Kier alpha value is -1.89.